The number of nitrogens with two attached hydrogens (primary N) is 1. The molecule has 0 aromatic heterocycles. The summed E-state index contributed by atoms with van der Waals surface area (Å²) in [7, 11) is -4.39. The normalized spacial score (nSPS) is 13.6. The first-order valence-corrected chi connectivity index (χ1v) is 29.3. The summed E-state index contributed by atoms with van der Waals surface area (Å²) in [6, 6.07) is 0. The molecule has 0 amide bonds. The van der Waals surface area contributed by atoms with Gasteiger partial charge in [0.2, 0.25) is 0 Å². The number of carbonyl (C=O) groups excluding carboxylic acids is 2. The molecule has 0 radical (unpaired) electrons. The maximum absolute atomic E-state index is 12.7. The molecule has 0 saturated heterocycles. The van der Waals surface area contributed by atoms with Crippen molar-refractivity contribution < 1.29 is 37.6 Å². The predicted molar refractivity (Wildman–Crippen MR) is 284 cm³/mol. The molecule has 10 heteroatoms. The zero-order chi connectivity index (χ0) is 48.8. The number of esters is 2. The first kappa shape index (κ1) is 64.7. The van der Waals surface area contributed by atoms with Crippen LogP contribution in [-0.4, -0.2) is 49.3 Å². The molecule has 390 valence electrons. The Morgan fingerprint density at radius 1 is 0.463 bits per heavy atom. The summed E-state index contributed by atoms with van der Waals surface area (Å²) < 4.78 is 33.0. The van der Waals surface area contributed by atoms with Gasteiger partial charge in [0.1, 0.15) is 6.61 Å². The largest absolute Gasteiger partial charge is 0.472 e. The molecular formula is C57H104NO8P. The molecule has 0 fully saturated rings. The van der Waals surface area contributed by atoms with E-state index in [4.69, 9.17) is 24.3 Å². The molecule has 3 N–H and O–H groups in total. The van der Waals surface area contributed by atoms with Crippen LogP contribution >= 0.6 is 7.82 Å². The first-order valence-electron chi connectivity index (χ1n) is 27.8. The molecule has 9 nitrogen and oxygen atoms in total. The van der Waals surface area contributed by atoms with Gasteiger partial charge in [-0.25, -0.2) is 4.57 Å². The van der Waals surface area contributed by atoms with E-state index in [1.54, 1.807) is 0 Å². The van der Waals surface area contributed by atoms with E-state index >= 15 is 0 Å². The minimum Gasteiger partial charge on any atom is -0.462 e. The van der Waals surface area contributed by atoms with E-state index in [0.29, 0.717) is 6.42 Å². The van der Waals surface area contributed by atoms with E-state index in [1.807, 2.05) is 0 Å². The summed E-state index contributed by atoms with van der Waals surface area (Å²) >= 11 is 0. The summed E-state index contributed by atoms with van der Waals surface area (Å²) in [6.07, 6.45) is 65.5. The Balaban J connectivity index is 4.01. The number of carbonyl (C=O) groups is 2. The Kier molecular flexibility index (Phi) is 51.3. The van der Waals surface area contributed by atoms with Crippen LogP contribution in [0.1, 0.15) is 258 Å². The number of phosphoric ester groups is 1. The average molecular weight is 962 g/mol. The molecule has 0 bridgehead atoms. The molecule has 67 heavy (non-hydrogen) atoms. The SMILES string of the molecule is CC/C=C\C/C=C\C/C=C\C/C=C\C/C=C\CCCCCCCCCC(=O)OC(COC(=O)CCCCCCCCCCCCCCCCCCCCCCCCC)COP(=O)(O)OCCN. The molecule has 2 unspecified atom stereocenters. The molecule has 0 aromatic carbocycles. The third kappa shape index (κ3) is 52.9. The summed E-state index contributed by atoms with van der Waals surface area (Å²) in [5.74, 6) is -0.832. The van der Waals surface area contributed by atoms with Gasteiger partial charge < -0.3 is 20.1 Å². The molecule has 0 aliphatic carbocycles. The third-order valence-corrected chi connectivity index (χ3v) is 12.9. The van der Waals surface area contributed by atoms with E-state index in [2.05, 4.69) is 74.6 Å². The van der Waals surface area contributed by atoms with Crippen LogP contribution in [0.2, 0.25) is 0 Å². The van der Waals surface area contributed by atoms with E-state index in [0.717, 1.165) is 77.0 Å². The lowest BCUT2D eigenvalue weighted by Crippen LogP contribution is -2.29. The number of unbranched alkanes of at least 4 members (excludes halogenated alkanes) is 29. The molecular weight excluding hydrogens is 858 g/mol. The minimum atomic E-state index is -4.39. The zero-order valence-corrected chi connectivity index (χ0v) is 44.3. The highest BCUT2D eigenvalue weighted by Crippen LogP contribution is 2.43. The van der Waals surface area contributed by atoms with Gasteiger partial charge in [0.25, 0.3) is 0 Å². The Morgan fingerprint density at radius 3 is 1.22 bits per heavy atom. The lowest BCUT2D eigenvalue weighted by atomic mass is 10.0. The Morgan fingerprint density at radius 2 is 0.821 bits per heavy atom. The molecule has 0 aromatic rings. The lowest BCUT2D eigenvalue weighted by Gasteiger charge is -2.19. The van der Waals surface area contributed by atoms with E-state index in [-0.39, 0.29) is 38.6 Å². The van der Waals surface area contributed by atoms with Crippen molar-refractivity contribution in [2.75, 3.05) is 26.4 Å². The van der Waals surface area contributed by atoms with Gasteiger partial charge in [0.15, 0.2) is 6.10 Å². The zero-order valence-electron chi connectivity index (χ0n) is 43.4. The van der Waals surface area contributed by atoms with E-state index in [9.17, 15) is 19.0 Å². The molecule has 2 atom stereocenters. The van der Waals surface area contributed by atoms with Gasteiger partial charge in [-0.3, -0.25) is 18.6 Å². The number of ether oxygens (including phenoxy) is 2. The van der Waals surface area contributed by atoms with Gasteiger partial charge in [-0.1, -0.05) is 248 Å². The highest BCUT2D eigenvalue weighted by atomic mass is 31.2. The number of hydrogen-bond donors (Lipinski definition) is 2. The van der Waals surface area contributed by atoms with Crippen LogP contribution in [-0.2, 0) is 32.7 Å². The van der Waals surface area contributed by atoms with Gasteiger partial charge in [0, 0.05) is 19.4 Å². The number of hydrogen-bond acceptors (Lipinski definition) is 8. The van der Waals surface area contributed by atoms with Crippen LogP contribution in [0.25, 0.3) is 0 Å². The summed E-state index contributed by atoms with van der Waals surface area (Å²) in [4.78, 5) is 35.1. The highest BCUT2D eigenvalue weighted by Gasteiger charge is 2.26. The molecule has 0 aliphatic heterocycles. The van der Waals surface area contributed by atoms with Crippen molar-refractivity contribution in [3.05, 3.63) is 60.8 Å². The predicted octanol–water partition coefficient (Wildman–Crippen LogP) is 17.2. The summed E-state index contributed by atoms with van der Waals surface area (Å²) in [5, 5.41) is 0. The highest BCUT2D eigenvalue weighted by molar-refractivity contribution is 7.47. The van der Waals surface area contributed by atoms with Crippen molar-refractivity contribution in [2.24, 2.45) is 5.73 Å². The number of rotatable bonds is 52. The fourth-order valence-corrected chi connectivity index (χ4v) is 8.61. The van der Waals surface area contributed by atoms with Crippen molar-refractivity contribution in [2.45, 2.75) is 264 Å². The van der Waals surface area contributed by atoms with Crippen LogP contribution in [0.5, 0.6) is 0 Å². The van der Waals surface area contributed by atoms with Crippen LogP contribution in [0.15, 0.2) is 60.8 Å². The third-order valence-electron chi connectivity index (χ3n) is 11.9. The van der Waals surface area contributed by atoms with Crippen LogP contribution in [0.3, 0.4) is 0 Å². The summed E-state index contributed by atoms with van der Waals surface area (Å²) in [6.45, 7) is 3.65. The molecule has 0 rings (SSSR count). The molecule has 0 aliphatic rings. The van der Waals surface area contributed by atoms with Crippen LogP contribution in [0, 0.1) is 0 Å². The molecule has 0 spiro atoms. The molecule has 0 heterocycles. The standard InChI is InChI=1S/C57H104NO8P/c1-3-5-7-9-11-13-15-17-19-21-23-25-27-29-31-33-35-37-39-41-43-45-47-49-56(59)63-53-55(54-65-67(61,62)64-52-51-58)66-57(60)50-48-46-44-42-40-38-36-34-32-30-28-26-24-22-20-18-16-14-12-10-8-6-4-2/h6,8,12,14,18,20,24,26,30,32,55H,3-5,7,9-11,13,15-17,19,21-23,25,27-29,31,33-54,58H2,1-2H3,(H,61,62)/b8-6-,14-12-,20-18-,26-24-,32-30-. The Labute approximate surface area is 412 Å². The van der Waals surface area contributed by atoms with Crippen molar-refractivity contribution in [1.82, 2.24) is 0 Å². The fourth-order valence-electron chi connectivity index (χ4n) is 7.84. The topological polar surface area (TPSA) is 134 Å². The van der Waals surface area contributed by atoms with Crippen LogP contribution in [0.4, 0.5) is 0 Å². The first-order chi connectivity index (χ1) is 32.8. The van der Waals surface area contributed by atoms with Crippen molar-refractivity contribution in [3.63, 3.8) is 0 Å². The fraction of sp³-hybridized carbons (Fsp3) is 0.789. The maximum Gasteiger partial charge on any atom is 0.472 e. The van der Waals surface area contributed by atoms with Gasteiger partial charge in [0.05, 0.1) is 13.2 Å². The maximum atomic E-state index is 12.7. The second-order valence-electron chi connectivity index (χ2n) is 18.4. The summed E-state index contributed by atoms with van der Waals surface area (Å²) in [5.41, 5.74) is 5.38. The van der Waals surface area contributed by atoms with Gasteiger partial charge in [-0.2, -0.15) is 0 Å². The smallest absolute Gasteiger partial charge is 0.462 e. The second kappa shape index (κ2) is 53.1. The number of allylic oxidation sites excluding steroid dienone is 10. The van der Waals surface area contributed by atoms with Gasteiger partial charge in [-0.15, -0.1) is 0 Å². The minimum absolute atomic E-state index is 0.0502. The molecule has 0 saturated carbocycles. The van der Waals surface area contributed by atoms with Crippen molar-refractivity contribution >= 4 is 19.8 Å². The van der Waals surface area contributed by atoms with Crippen molar-refractivity contribution in [1.29, 1.82) is 0 Å². The Bertz CT molecular complexity index is 1280. The van der Waals surface area contributed by atoms with E-state index in [1.165, 1.54) is 148 Å². The van der Waals surface area contributed by atoms with Crippen molar-refractivity contribution in [3.8, 4) is 0 Å². The quantitative estimate of drug-likeness (QED) is 0.0264. The van der Waals surface area contributed by atoms with Gasteiger partial charge >= 0.3 is 19.8 Å². The Hall–Kier alpha value is -2.29. The number of phosphoric acid groups is 1. The van der Waals surface area contributed by atoms with Crippen LogP contribution < -0.4 is 5.73 Å². The average Bonchev–Trinajstić information content (AvgIpc) is 3.32. The monoisotopic (exact) mass is 962 g/mol. The van der Waals surface area contributed by atoms with Gasteiger partial charge in [-0.05, 0) is 57.8 Å². The lowest BCUT2D eigenvalue weighted by molar-refractivity contribution is -0.161. The second-order valence-corrected chi connectivity index (χ2v) is 19.9. The van der Waals surface area contributed by atoms with E-state index < -0.39 is 26.5 Å².